The molecule has 0 amide bonds. The molecule has 0 aliphatic carbocycles. The fourth-order valence-corrected chi connectivity index (χ4v) is 2.03. The summed E-state index contributed by atoms with van der Waals surface area (Å²) in [7, 11) is 2.21. The molecule has 0 radical (unpaired) electrons. The SMILES string of the molecule is C=CCC[C@@H](C)NC1CCN(C)CC1. The second kappa shape index (κ2) is 6.20. The van der Waals surface area contributed by atoms with E-state index in [0.717, 1.165) is 12.5 Å². The van der Waals surface area contributed by atoms with Gasteiger partial charge in [-0.1, -0.05) is 6.08 Å². The van der Waals surface area contributed by atoms with Crippen molar-refractivity contribution in [2.45, 2.75) is 44.7 Å². The number of hydrogen-bond acceptors (Lipinski definition) is 2. The molecule has 1 aliphatic rings. The molecule has 1 heterocycles. The van der Waals surface area contributed by atoms with E-state index in [1.807, 2.05) is 6.08 Å². The third-order valence-electron chi connectivity index (χ3n) is 3.04. The minimum Gasteiger partial charge on any atom is -0.311 e. The molecule has 1 N–H and O–H groups in total. The van der Waals surface area contributed by atoms with Crippen LogP contribution in [0.15, 0.2) is 12.7 Å². The van der Waals surface area contributed by atoms with Crippen molar-refractivity contribution in [3.05, 3.63) is 12.7 Å². The maximum atomic E-state index is 3.75. The number of nitrogens with one attached hydrogen (secondary N) is 1. The van der Waals surface area contributed by atoms with E-state index >= 15 is 0 Å². The van der Waals surface area contributed by atoms with E-state index in [9.17, 15) is 0 Å². The Kier molecular flexibility index (Phi) is 5.20. The van der Waals surface area contributed by atoms with Gasteiger partial charge in [-0.3, -0.25) is 0 Å². The van der Waals surface area contributed by atoms with Crippen LogP contribution >= 0.6 is 0 Å². The van der Waals surface area contributed by atoms with Crippen LogP contribution in [0, 0.1) is 0 Å². The Bertz CT molecular complexity index is 160. The van der Waals surface area contributed by atoms with Crippen molar-refractivity contribution >= 4 is 0 Å². The molecule has 0 bridgehead atoms. The molecule has 2 nitrogen and oxygen atoms in total. The molecule has 1 fully saturated rings. The van der Waals surface area contributed by atoms with Crippen molar-refractivity contribution in [1.29, 1.82) is 0 Å². The second-order valence-corrected chi connectivity index (χ2v) is 4.51. The molecule has 82 valence electrons. The highest BCUT2D eigenvalue weighted by Crippen LogP contribution is 2.10. The van der Waals surface area contributed by atoms with Gasteiger partial charge >= 0.3 is 0 Å². The van der Waals surface area contributed by atoms with E-state index in [2.05, 4.69) is 30.8 Å². The first-order chi connectivity index (χ1) is 6.72. The summed E-state index contributed by atoms with van der Waals surface area (Å²) >= 11 is 0. The fourth-order valence-electron chi connectivity index (χ4n) is 2.03. The second-order valence-electron chi connectivity index (χ2n) is 4.51. The van der Waals surface area contributed by atoms with Gasteiger partial charge in [-0.2, -0.15) is 0 Å². The van der Waals surface area contributed by atoms with Gasteiger partial charge in [0.15, 0.2) is 0 Å². The quantitative estimate of drug-likeness (QED) is 0.677. The number of allylic oxidation sites excluding steroid dienone is 1. The van der Waals surface area contributed by atoms with Crippen molar-refractivity contribution in [2.24, 2.45) is 0 Å². The summed E-state index contributed by atoms with van der Waals surface area (Å²) < 4.78 is 0. The molecule has 14 heavy (non-hydrogen) atoms. The third-order valence-corrected chi connectivity index (χ3v) is 3.04. The number of rotatable bonds is 5. The highest BCUT2D eigenvalue weighted by Gasteiger charge is 2.17. The highest BCUT2D eigenvalue weighted by atomic mass is 15.1. The lowest BCUT2D eigenvalue weighted by atomic mass is 10.0. The molecule has 1 aliphatic heterocycles. The van der Waals surface area contributed by atoms with E-state index in [0.29, 0.717) is 6.04 Å². The summed E-state index contributed by atoms with van der Waals surface area (Å²) in [6, 6.07) is 1.38. The van der Waals surface area contributed by atoms with Crippen LogP contribution in [0.25, 0.3) is 0 Å². The minimum absolute atomic E-state index is 0.640. The van der Waals surface area contributed by atoms with Crippen molar-refractivity contribution in [3.8, 4) is 0 Å². The van der Waals surface area contributed by atoms with Crippen LogP contribution in [0.5, 0.6) is 0 Å². The predicted octanol–water partition coefficient (Wildman–Crippen LogP) is 2.02. The maximum absolute atomic E-state index is 3.75. The Morgan fingerprint density at radius 1 is 1.50 bits per heavy atom. The zero-order valence-corrected chi connectivity index (χ0v) is 9.63. The molecule has 2 heteroatoms. The van der Waals surface area contributed by atoms with Crippen LogP contribution in [-0.2, 0) is 0 Å². The van der Waals surface area contributed by atoms with Gasteiger partial charge in [-0.25, -0.2) is 0 Å². The van der Waals surface area contributed by atoms with Crippen molar-refractivity contribution in [2.75, 3.05) is 20.1 Å². The van der Waals surface area contributed by atoms with E-state index in [1.165, 1.54) is 32.4 Å². The summed E-state index contributed by atoms with van der Waals surface area (Å²) in [4.78, 5) is 2.41. The topological polar surface area (TPSA) is 15.3 Å². The number of nitrogens with zero attached hydrogens (tertiary/aromatic N) is 1. The van der Waals surface area contributed by atoms with Gasteiger partial charge in [0.25, 0.3) is 0 Å². The Labute approximate surface area is 88.4 Å². The Hall–Kier alpha value is -0.340. The van der Waals surface area contributed by atoms with Gasteiger partial charge in [0, 0.05) is 12.1 Å². The van der Waals surface area contributed by atoms with Crippen LogP contribution in [0.4, 0.5) is 0 Å². The molecule has 1 saturated heterocycles. The largest absolute Gasteiger partial charge is 0.311 e. The maximum Gasteiger partial charge on any atom is 0.00938 e. The molecule has 0 saturated carbocycles. The van der Waals surface area contributed by atoms with Gasteiger partial charge < -0.3 is 10.2 Å². The van der Waals surface area contributed by atoms with Crippen molar-refractivity contribution in [1.82, 2.24) is 10.2 Å². The Morgan fingerprint density at radius 3 is 2.71 bits per heavy atom. The standard InChI is InChI=1S/C12H24N2/c1-4-5-6-11(2)13-12-7-9-14(3)10-8-12/h4,11-13H,1,5-10H2,2-3H3/t11-/m1/s1. The van der Waals surface area contributed by atoms with Gasteiger partial charge in [0.2, 0.25) is 0 Å². The fraction of sp³-hybridized carbons (Fsp3) is 0.833. The molecular formula is C12H24N2. The zero-order chi connectivity index (χ0) is 10.4. The van der Waals surface area contributed by atoms with Gasteiger partial charge in [0.05, 0.1) is 0 Å². The Morgan fingerprint density at radius 2 is 2.14 bits per heavy atom. The molecule has 0 aromatic heterocycles. The summed E-state index contributed by atoms with van der Waals surface area (Å²) in [5.74, 6) is 0. The summed E-state index contributed by atoms with van der Waals surface area (Å²) in [6.45, 7) is 8.52. The predicted molar refractivity (Wildman–Crippen MR) is 62.5 cm³/mol. The van der Waals surface area contributed by atoms with Crippen molar-refractivity contribution in [3.63, 3.8) is 0 Å². The average Bonchev–Trinajstić information content (AvgIpc) is 2.18. The number of piperidine rings is 1. The van der Waals surface area contributed by atoms with Crippen molar-refractivity contribution < 1.29 is 0 Å². The summed E-state index contributed by atoms with van der Waals surface area (Å²) in [5.41, 5.74) is 0. The molecule has 0 aromatic rings. The van der Waals surface area contributed by atoms with Crippen LogP contribution in [-0.4, -0.2) is 37.1 Å². The van der Waals surface area contributed by atoms with E-state index < -0.39 is 0 Å². The molecule has 1 rings (SSSR count). The first kappa shape index (κ1) is 11.7. The summed E-state index contributed by atoms with van der Waals surface area (Å²) in [6.07, 6.45) is 6.95. The van der Waals surface area contributed by atoms with Crippen LogP contribution in [0.1, 0.15) is 32.6 Å². The van der Waals surface area contributed by atoms with E-state index in [1.54, 1.807) is 0 Å². The smallest absolute Gasteiger partial charge is 0.00938 e. The van der Waals surface area contributed by atoms with E-state index in [-0.39, 0.29) is 0 Å². The zero-order valence-electron chi connectivity index (χ0n) is 9.63. The first-order valence-electron chi connectivity index (χ1n) is 5.78. The van der Waals surface area contributed by atoms with Gasteiger partial charge in [-0.05, 0) is 52.7 Å². The van der Waals surface area contributed by atoms with Gasteiger partial charge in [0.1, 0.15) is 0 Å². The van der Waals surface area contributed by atoms with Crippen LogP contribution in [0.2, 0.25) is 0 Å². The molecule has 0 aromatic carbocycles. The monoisotopic (exact) mass is 196 g/mol. The number of hydrogen-bond donors (Lipinski definition) is 1. The normalized spacial score (nSPS) is 22.1. The molecule has 0 unspecified atom stereocenters. The lowest BCUT2D eigenvalue weighted by molar-refractivity contribution is 0.225. The van der Waals surface area contributed by atoms with Crippen LogP contribution in [0.3, 0.4) is 0 Å². The molecular weight excluding hydrogens is 172 g/mol. The van der Waals surface area contributed by atoms with Crippen LogP contribution < -0.4 is 5.32 Å². The lowest BCUT2D eigenvalue weighted by Crippen LogP contribution is -2.44. The molecule has 0 spiro atoms. The molecule has 1 atom stereocenters. The van der Waals surface area contributed by atoms with Gasteiger partial charge in [-0.15, -0.1) is 6.58 Å². The lowest BCUT2D eigenvalue weighted by Gasteiger charge is -2.31. The minimum atomic E-state index is 0.640. The summed E-state index contributed by atoms with van der Waals surface area (Å²) in [5, 5.41) is 3.70. The van der Waals surface area contributed by atoms with E-state index in [4.69, 9.17) is 0 Å². The number of likely N-dealkylation sites (tertiary alicyclic amines) is 1. The average molecular weight is 196 g/mol. The Balaban J connectivity index is 2.13. The highest BCUT2D eigenvalue weighted by molar-refractivity contribution is 4.79. The third kappa shape index (κ3) is 4.25. The first-order valence-corrected chi connectivity index (χ1v) is 5.78.